The lowest BCUT2D eigenvalue weighted by atomic mass is 10.4. The molecule has 106 valence electrons. The summed E-state index contributed by atoms with van der Waals surface area (Å²) in [7, 11) is 1.37. The molecule has 10 heteroatoms. The van der Waals surface area contributed by atoms with E-state index in [1.807, 2.05) is 0 Å². The Balaban J connectivity index is 1.96. The van der Waals surface area contributed by atoms with E-state index in [0.717, 1.165) is 4.90 Å². The van der Waals surface area contributed by atoms with Gasteiger partial charge in [-0.1, -0.05) is 5.16 Å². The summed E-state index contributed by atoms with van der Waals surface area (Å²) >= 11 is 0. The fraction of sp³-hybridized carbons (Fsp3) is 0.667. The number of rotatable bonds is 3. The van der Waals surface area contributed by atoms with E-state index >= 15 is 0 Å². The monoisotopic (exact) mass is 281 g/mol. The minimum atomic E-state index is -4.68. The van der Waals surface area contributed by atoms with E-state index in [9.17, 15) is 18.0 Å². The van der Waals surface area contributed by atoms with Crippen LogP contribution in [0.25, 0.3) is 0 Å². The molecule has 1 aromatic heterocycles. The smallest absolute Gasteiger partial charge is 0.342 e. The maximum Gasteiger partial charge on any atom is 0.455 e. The number of nitrogens with zero attached hydrogens (tertiary/aromatic N) is 3. The van der Waals surface area contributed by atoms with Gasteiger partial charge in [0.05, 0.1) is 19.8 Å². The zero-order valence-corrected chi connectivity index (χ0v) is 9.81. The minimum Gasteiger partial charge on any atom is -0.342 e. The van der Waals surface area contributed by atoms with Gasteiger partial charge in [-0.2, -0.15) is 18.2 Å². The molecule has 0 aromatic carbocycles. The fourth-order valence-corrected chi connectivity index (χ4v) is 1.40. The lowest BCUT2D eigenvalue weighted by Crippen LogP contribution is -2.36. The van der Waals surface area contributed by atoms with Gasteiger partial charge in [-0.05, 0) is 0 Å². The van der Waals surface area contributed by atoms with E-state index in [-0.39, 0.29) is 12.4 Å². The lowest BCUT2D eigenvalue weighted by Gasteiger charge is -2.17. The third-order valence-corrected chi connectivity index (χ3v) is 2.29. The summed E-state index contributed by atoms with van der Waals surface area (Å²) in [4.78, 5) is 16.0. The van der Waals surface area contributed by atoms with Gasteiger partial charge in [-0.3, -0.25) is 4.79 Å². The zero-order valence-electron chi connectivity index (χ0n) is 9.81. The van der Waals surface area contributed by atoms with Crippen molar-refractivity contribution in [2.45, 2.75) is 19.0 Å². The molecular formula is C9H10F3N3O4. The summed E-state index contributed by atoms with van der Waals surface area (Å²) in [6, 6.07) is 0. The number of halogens is 3. The number of likely N-dealkylation sites (N-methyl/N-ethyl adjacent to an activating group) is 1. The Bertz CT molecular complexity index is 456. The number of amides is 1. The molecule has 0 atom stereocenters. The zero-order chi connectivity index (χ0) is 14.0. The van der Waals surface area contributed by atoms with E-state index in [1.165, 1.54) is 7.05 Å². The average Bonchev–Trinajstić information content (AvgIpc) is 2.97. The van der Waals surface area contributed by atoms with Crippen LogP contribution in [0.5, 0.6) is 0 Å². The number of carbonyl (C=O) groups excluding carboxylic acids is 1. The van der Waals surface area contributed by atoms with Crippen LogP contribution in [0.15, 0.2) is 4.52 Å². The molecule has 1 amide bonds. The van der Waals surface area contributed by atoms with Crippen LogP contribution in [0.3, 0.4) is 0 Å². The van der Waals surface area contributed by atoms with Crippen molar-refractivity contribution in [1.82, 2.24) is 15.0 Å². The van der Waals surface area contributed by atoms with E-state index in [0.29, 0.717) is 13.2 Å². The average molecular weight is 281 g/mol. The Labute approximate surface area is 105 Å². The van der Waals surface area contributed by atoms with E-state index in [2.05, 4.69) is 14.7 Å². The van der Waals surface area contributed by atoms with Crippen LogP contribution in [-0.2, 0) is 27.0 Å². The summed E-state index contributed by atoms with van der Waals surface area (Å²) in [5, 5.41) is 2.79. The Hall–Kier alpha value is -1.68. The van der Waals surface area contributed by atoms with E-state index in [1.54, 1.807) is 0 Å². The molecule has 1 aromatic rings. The minimum absolute atomic E-state index is 0.259. The normalized spacial score (nSPS) is 16.8. The molecule has 0 aliphatic carbocycles. The Kier molecular flexibility index (Phi) is 3.71. The lowest BCUT2D eigenvalue weighted by molar-refractivity contribution is -0.157. The highest BCUT2D eigenvalue weighted by molar-refractivity contribution is 5.79. The predicted octanol–water partition coefficient (Wildman–Crippen LogP) is 0.420. The first-order chi connectivity index (χ1) is 8.88. The van der Waals surface area contributed by atoms with Crippen molar-refractivity contribution < 1.29 is 32.0 Å². The molecule has 1 fully saturated rings. The van der Waals surface area contributed by atoms with E-state index in [4.69, 9.17) is 9.47 Å². The van der Waals surface area contributed by atoms with Crippen molar-refractivity contribution in [3.8, 4) is 0 Å². The molecule has 0 saturated carbocycles. The van der Waals surface area contributed by atoms with Crippen molar-refractivity contribution in [1.29, 1.82) is 0 Å². The maximum atomic E-state index is 12.2. The fourth-order valence-electron chi connectivity index (χ4n) is 1.40. The van der Waals surface area contributed by atoms with E-state index < -0.39 is 24.2 Å². The molecule has 1 saturated heterocycles. The second-order valence-electron chi connectivity index (χ2n) is 3.78. The molecular weight excluding hydrogens is 271 g/mol. The second kappa shape index (κ2) is 5.13. The maximum absolute atomic E-state index is 12.2. The number of ether oxygens (including phenoxy) is 2. The van der Waals surface area contributed by atoms with Gasteiger partial charge in [0.1, 0.15) is 0 Å². The van der Waals surface area contributed by atoms with Crippen LogP contribution in [0.2, 0.25) is 0 Å². The third-order valence-electron chi connectivity index (χ3n) is 2.29. The van der Waals surface area contributed by atoms with Gasteiger partial charge in [0.2, 0.25) is 12.2 Å². The SMILES string of the molecule is CN(Cc1nc(C(F)(F)F)no1)C(=O)C1OCCO1. The van der Waals surface area contributed by atoms with Gasteiger partial charge in [0, 0.05) is 7.05 Å². The molecule has 19 heavy (non-hydrogen) atoms. The van der Waals surface area contributed by atoms with Crippen LogP contribution in [-0.4, -0.2) is 47.5 Å². The molecule has 2 rings (SSSR count). The Morgan fingerprint density at radius 2 is 2.05 bits per heavy atom. The molecule has 0 spiro atoms. The standard InChI is InChI=1S/C9H10F3N3O4/c1-15(6(16)7-17-2-3-18-7)4-5-13-8(14-19-5)9(10,11)12/h7H,2-4H2,1H3. The topological polar surface area (TPSA) is 77.7 Å². The molecule has 0 unspecified atom stereocenters. The molecule has 0 N–H and O–H groups in total. The van der Waals surface area contributed by atoms with Crippen LogP contribution < -0.4 is 0 Å². The van der Waals surface area contributed by atoms with Gasteiger partial charge >= 0.3 is 6.18 Å². The van der Waals surface area contributed by atoms with Crippen LogP contribution in [0.1, 0.15) is 11.7 Å². The van der Waals surface area contributed by atoms with Gasteiger partial charge in [0.25, 0.3) is 11.7 Å². The summed E-state index contributed by atoms with van der Waals surface area (Å²) in [5.41, 5.74) is 0. The first-order valence-electron chi connectivity index (χ1n) is 5.26. The number of carbonyl (C=O) groups is 1. The third kappa shape index (κ3) is 3.20. The number of hydrogen-bond donors (Lipinski definition) is 0. The van der Waals surface area contributed by atoms with Crippen molar-refractivity contribution in [3.05, 3.63) is 11.7 Å². The summed E-state index contributed by atoms with van der Waals surface area (Å²) in [5.74, 6) is -2.22. The van der Waals surface area contributed by atoms with Crippen molar-refractivity contribution >= 4 is 5.91 Å². The molecule has 0 bridgehead atoms. The number of aromatic nitrogens is 2. The Morgan fingerprint density at radius 3 is 2.58 bits per heavy atom. The van der Waals surface area contributed by atoms with Crippen LogP contribution in [0.4, 0.5) is 13.2 Å². The first kappa shape index (κ1) is 13.7. The highest BCUT2D eigenvalue weighted by Gasteiger charge is 2.37. The second-order valence-corrected chi connectivity index (χ2v) is 3.78. The first-order valence-corrected chi connectivity index (χ1v) is 5.26. The molecule has 1 aliphatic heterocycles. The van der Waals surface area contributed by atoms with Crippen LogP contribution in [0, 0.1) is 0 Å². The van der Waals surface area contributed by atoms with Gasteiger partial charge in [0.15, 0.2) is 0 Å². The van der Waals surface area contributed by atoms with Gasteiger partial charge in [-0.15, -0.1) is 0 Å². The largest absolute Gasteiger partial charge is 0.455 e. The molecule has 1 aliphatic rings. The van der Waals surface area contributed by atoms with Gasteiger partial charge in [-0.25, -0.2) is 0 Å². The van der Waals surface area contributed by atoms with Crippen molar-refractivity contribution in [2.75, 3.05) is 20.3 Å². The molecule has 7 nitrogen and oxygen atoms in total. The number of alkyl halides is 3. The predicted molar refractivity (Wildman–Crippen MR) is 51.5 cm³/mol. The van der Waals surface area contributed by atoms with Crippen molar-refractivity contribution in [2.24, 2.45) is 0 Å². The highest BCUT2D eigenvalue weighted by atomic mass is 19.4. The molecule has 2 heterocycles. The summed E-state index contributed by atoms with van der Waals surface area (Å²) in [6.07, 6.45) is -5.71. The molecule has 0 radical (unpaired) electrons. The summed E-state index contributed by atoms with van der Waals surface area (Å²) < 4.78 is 51.1. The Morgan fingerprint density at radius 1 is 1.42 bits per heavy atom. The van der Waals surface area contributed by atoms with Crippen LogP contribution >= 0.6 is 0 Å². The number of hydrogen-bond acceptors (Lipinski definition) is 6. The quantitative estimate of drug-likeness (QED) is 0.799. The van der Waals surface area contributed by atoms with Gasteiger partial charge < -0.3 is 18.9 Å². The highest BCUT2D eigenvalue weighted by Crippen LogP contribution is 2.26. The van der Waals surface area contributed by atoms with Crippen molar-refractivity contribution in [3.63, 3.8) is 0 Å². The summed E-state index contributed by atoms with van der Waals surface area (Å²) in [6.45, 7) is 0.331.